The SMILES string of the molecule is FC(F)(F)Cc1nccc(N2C[C@@H]3C[C@H]2CO3)n1. The van der Waals surface area contributed by atoms with Crippen molar-refractivity contribution in [1.82, 2.24) is 9.97 Å². The van der Waals surface area contributed by atoms with Crippen molar-refractivity contribution in [2.24, 2.45) is 0 Å². The Labute approximate surface area is 102 Å². The van der Waals surface area contributed by atoms with Gasteiger partial charge in [0.15, 0.2) is 0 Å². The lowest BCUT2D eigenvalue weighted by Crippen LogP contribution is -2.37. The first kappa shape index (κ1) is 11.7. The Bertz CT molecular complexity index is 451. The molecule has 98 valence electrons. The number of nitrogens with zero attached hydrogens (tertiary/aromatic N) is 3. The van der Waals surface area contributed by atoms with E-state index in [0.29, 0.717) is 19.0 Å². The maximum Gasteiger partial charge on any atom is 0.396 e. The standard InChI is InChI=1S/C11H12F3N3O/c12-11(13,14)4-9-15-2-1-10(16-9)17-5-8-3-7(17)6-18-8/h1-2,7-8H,3-6H2/t7-,8-/m0/s1. The summed E-state index contributed by atoms with van der Waals surface area (Å²) < 4.78 is 42.3. The number of rotatable bonds is 2. The zero-order valence-corrected chi connectivity index (χ0v) is 9.52. The maximum atomic E-state index is 12.3. The van der Waals surface area contributed by atoms with E-state index in [2.05, 4.69) is 9.97 Å². The highest BCUT2D eigenvalue weighted by Crippen LogP contribution is 2.31. The average Bonchev–Trinajstić information content (AvgIpc) is 2.88. The number of hydrogen-bond donors (Lipinski definition) is 0. The van der Waals surface area contributed by atoms with Crippen LogP contribution in [0.4, 0.5) is 19.0 Å². The zero-order chi connectivity index (χ0) is 12.8. The van der Waals surface area contributed by atoms with Crippen molar-refractivity contribution >= 4 is 5.82 Å². The molecule has 0 aromatic carbocycles. The summed E-state index contributed by atoms with van der Waals surface area (Å²) >= 11 is 0. The quantitative estimate of drug-likeness (QED) is 0.808. The van der Waals surface area contributed by atoms with Crippen LogP contribution in [0.5, 0.6) is 0 Å². The van der Waals surface area contributed by atoms with Gasteiger partial charge in [-0.25, -0.2) is 9.97 Å². The van der Waals surface area contributed by atoms with Gasteiger partial charge >= 0.3 is 6.18 Å². The summed E-state index contributed by atoms with van der Waals surface area (Å²) in [6.07, 6.45) is -2.85. The molecule has 18 heavy (non-hydrogen) atoms. The van der Waals surface area contributed by atoms with Crippen LogP contribution in [0.25, 0.3) is 0 Å². The van der Waals surface area contributed by atoms with Gasteiger partial charge in [-0.3, -0.25) is 0 Å². The molecule has 2 atom stereocenters. The first-order valence-electron chi connectivity index (χ1n) is 5.78. The summed E-state index contributed by atoms with van der Waals surface area (Å²) in [4.78, 5) is 9.68. The number of alkyl halides is 3. The molecule has 2 saturated heterocycles. The van der Waals surface area contributed by atoms with E-state index in [1.165, 1.54) is 6.20 Å². The van der Waals surface area contributed by atoms with Crippen molar-refractivity contribution < 1.29 is 17.9 Å². The Morgan fingerprint density at radius 3 is 2.89 bits per heavy atom. The summed E-state index contributed by atoms with van der Waals surface area (Å²) in [5.74, 6) is 0.392. The molecule has 0 unspecified atom stereocenters. The van der Waals surface area contributed by atoms with E-state index in [-0.39, 0.29) is 18.0 Å². The highest BCUT2D eigenvalue weighted by molar-refractivity contribution is 5.42. The van der Waals surface area contributed by atoms with E-state index in [1.54, 1.807) is 6.07 Å². The van der Waals surface area contributed by atoms with Gasteiger partial charge in [0, 0.05) is 12.7 Å². The largest absolute Gasteiger partial charge is 0.396 e. The fourth-order valence-electron chi connectivity index (χ4n) is 2.49. The normalized spacial score (nSPS) is 26.9. The Kier molecular flexibility index (Phi) is 2.65. The lowest BCUT2D eigenvalue weighted by Gasteiger charge is -2.27. The minimum atomic E-state index is -4.27. The van der Waals surface area contributed by atoms with Gasteiger partial charge in [0.05, 0.1) is 18.8 Å². The van der Waals surface area contributed by atoms with Crippen molar-refractivity contribution in [3.8, 4) is 0 Å². The fraction of sp³-hybridized carbons (Fsp3) is 0.636. The Balaban J connectivity index is 1.79. The van der Waals surface area contributed by atoms with Crippen molar-refractivity contribution in [1.29, 1.82) is 0 Å². The number of fused-ring (bicyclic) bond motifs is 2. The molecule has 0 radical (unpaired) electrons. The van der Waals surface area contributed by atoms with Crippen LogP contribution in [0, 0.1) is 0 Å². The molecule has 0 spiro atoms. The molecule has 3 heterocycles. The molecule has 2 fully saturated rings. The monoisotopic (exact) mass is 259 g/mol. The van der Waals surface area contributed by atoms with Crippen LogP contribution in [0.2, 0.25) is 0 Å². The van der Waals surface area contributed by atoms with Gasteiger partial charge in [-0.2, -0.15) is 13.2 Å². The number of halogens is 3. The van der Waals surface area contributed by atoms with Crippen LogP contribution in [-0.2, 0) is 11.2 Å². The van der Waals surface area contributed by atoms with Gasteiger partial charge in [0.1, 0.15) is 18.1 Å². The van der Waals surface area contributed by atoms with Gasteiger partial charge in [-0.15, -0.1) is 0 Å². The topological polar surface area (TPSA) is 38.2 Å². The maximum absolute atomic E-state index is 12.3. The minimum Gasteiger partial charge on any atom is -0.374 e. The number of hydrogen-bond acceptors (Lipinski definition) is 4. The van der Waals surface area contributed by atoms with Crippen LogP contribution in [0.15, 0.2) is 12.3 Å². The number of anilines is 1. The van der Waals surface area contributed by atoms with Crippen LogP contribution in [-0.4, -0.2) is 41.4 Å². The molecular formula is C11H12F3N3O. The second kappa shape index (κ2) is 4.08. The molecule has 1 aromatic rings. The first-order chi connectivity index (χ1) is 8.51. The predicted molar refractivity (Wildman–Crippen MR) is 57.3 cm³/mol. The Morgan fingerprint density at radius 2 is 2.28 bits per heavy atom. The molecule has 0 amide bonds. The first-order valence-corrected chi connectivity index (χ1v) is 5.78. The van der Waals surface area contributed by atoms with Gasteiger partial charge in [-0.1, -0.05) is 0 Å². The van der Waals surface area contributed by atoms with Gasteiger partial charge in [-0.05, 0) is 12.5 Å². The predicted octanol–water partition coefficient (Wildman–Crippen LogP) is 1.56. The number of morpholine rings is 1. The van der Waals surface area contributed by atoms with Crippen molar-refractivity contribution in [2.75, 3.05) is 18.1 Å². The van der Waals surface area contributed by atoms with Crippen LogP contribution in [0.1, 0.15) is 12.2 Å². The number of aromatic nitrogens is 2. The van der Waals surface area contributed by atoms with Gasteiger partial charge in [0.2, 0.25) is 0 Å². The van der Waals surface area contributed by atoms with Crippen LogP contribution < -0.4 is 4.90 Å². The summed E-state index contributed by atoms with van der Waals surface area (Å²) in [6.45, 7) is 1.33. The van der Waals surface area contributed by atoms with Crippen LogP contribution >= 0.6 is 0 Å². The highest BCUT2D eigenvalue weighted by Gasteiger charge is 2.39. The molecule has 7 heteroatoms. The summed E-state index contributed by atoms with van der Waals surface area (Å²) in [7, 11) is 0. The summed E-state index contributed by atoms with van der Waals surface area (Å²) in [6, 6.07) is 1.89. The van der Waals surface area contributed by atoms with Gasteiger partial charge < -0.3 is 9.64 Å². The average molecular weight is 259 g/mol. The molecule has 0 saturated carbocycles. The highest BCUT2D eigenvalue weighted by atomic mass is 19.4. The van der Waals surface area contributed by atoms with E-state index in [4.69, 9.17) is 4.74 Å². The molecule has 4 nitrogen and oxygen atoms in total. The third-order valence-corrected chi connectivity index (χ3v) is 3.24. The number of ether oxygens (including phenoxy) is 1. The van der Waals surface area contributed by atoms with E-state index in [0.717, 1.165) is 6.42 Å². The summed E-state index contributed by atoms with van der Waals surface area (Å²) in [5, 5.41) is 0. The van der Waals surface area contributed by atoms with E-state index < -0.39 is 12.6 Å². The molecular weight excluding hydrogens is 247 g/mol. The van der Waals surface area contributed by atoms with E-state index >= 15 is 0 Å². The molecule has 0 aliphatic carbocycles. The second-order valence-corrected chi connectivity index (χ2v) is 4.62. The molecule has 2 aliphatic heterocycles. The Morgan fingerprint density at radius 1 is 1.44 bits per heavy atom. The Hall–Kier alpha value is -1.37. The van der Waals surface area contributed by atoms with E-state index in [9.17, 15) is 13.2 Å². The molecule has 2 aliphatic rings. The van der Waals surface area contributed by atoms with Crippen molar-refractivity contribution in [3.05, 3.63) is 18.1 Å². The molecule has 1 aromatic heterocycles. The molecule has 3 rings (SSSR count). The molecule has 2 bridgehead atoms. The fourth-order valence-corrected chi connectivity index (χ4v) is 2.49. The molecule has 0 N–H and O–H groups in total. The minimum absolute atomic E-state index is 0.177. The third-order valence-electron chi connectivity index (χ3n) is 3.24. The zero-order valence-electron chi connectivity index (χ0n) is 9.52. The van der Waals surface area contributed by atoms with Crippen LogP contribution in [0.3, 0.4) is 0 Å². The smallest absolute Gasteiger partial charge is 0.374 e. The summed E-state index contributed by atoms with van der Waals surface area (Å²) in [5.41, 5.74) is 0. The van der Waals surface area contributed by atoms with Crippen molar-refractivity contribution in [3.63, 3.8) is 0 Å². The third kappa shape index (κ3) is 2.27. The lowest BCUT2D eigenvalue weighted by atomic mass is 10.2. The van der Waals surface area contributed by atoms with E-state index in [1.807, 2.05) is 4.90 Å². The second-order valence-electron chi connectivity index (χ2n) is 4.62. The van der Waals surface area contributed by atoms with Gasteiger partial charge in [0.25, 0.3) is 0 Å². The lowest BCUT2D eigenvalue weighted by molar-refractivity contribution is -0.128. The van der Waals surface area contributed by atoms with Crippen molar-refractivity contribution in [2.45, 2.75) is 31.2 Å².